The Bertz CT molecular complexity index is 104. The second-order valence-electron chi connectivity index (χ2n) is 1.91. The minimum atomic E-state index is -0.693. The zero-order chi connectivity index (χ0) is 7.82. The monoisotopic (exact) mass is 158 g/mol. The molecule has 0 aromatic carbocycles. The topological polar surface area (TPSA) is 23.1 Å². The molecule has 0 radical (unpaired) electrons. The first kappa shape index (κ1) is 9.79. The predicted molar refractivity (Wildman–Crippen MR) is 47.5 cm³/mol. The van der Waals surface area contributed by atoms with Crippen molar-refractivity contribution in [3.8, 4) is 0 Å². The van der Waals surface area contributed by atoms with Crippen molar-refractivity contribution in [2.75, 3.05) is 11.5 Å². The normalized spacial score (nSPS) is 15.1. The van der Waals surface area contributed by atoms with Gasteiger partial charge in [-0.05, 0) is 37.2 Å². The van der Waals surface area contributed by atoms with Crippen molar-refractivity contribution in [2.45, 2.75) is 13.8 Å². The quantitative estimate of drug-likeness (QED) is 0.452. The summed E-state index contributed by atoms with van der Waals surface area (Å²) in [6, 6.07) is 0. The van der Waals surface area contributed by atoms with Gasteiger partial charge in [0, 0.05) is 0 Å². The molecule has 0 aliphatic carbocycles. The highest BCUT2D eigenvalue weighted by molar-refractivity contribution is 7.91. The Hall–Kier alpha value is -0.210. The van der Waals surface area contributed by atoms with Gasteiger partial charge in [0.05, 0.1) is 0 Å². The average molecular weight is 158 g/mol. The Kier molecular flexibility index (Phi) is 6.76. The van der Waals surface area contributed by atoms with Gasteiger partial charge in [-0.2, -0.15) is 0 Å². The van der Waals surface area contributed by atoms with E-state index < -0.39 is 11.2 Å². The van der Waals surface area contributed by atoms with Crippen LogP contribution in [0.15, 0.2) is 24.3 Å². The third kappa shape index (κ3) is 5.92. The fourth-order valence-electron chi connectivity index (χ4n) is 0.475. The van der Waals surface area contributed by atoms with E-state index in [9.17, 15) is 4.55 Å². The third-order valence-electron chi connectivity index (χ3n) is 1.04. The fourth-order valence-corrected chi connectivity index (χ4v) is 1.43. The molecule has 0 heterocycles. The number of rotatable bonds is 4. The molecule has 0 amide bonds. The Morgan fingerprint density at radius 1 is 1.10 bits per heavy atom. The van der Waals surface area contributed by atoms with Gasteiger partial charge in [0.2, 0.25) is 0 Å². The predicted octanol–water partition coefficient (Wildman–Crippen LogP) is 1.89. The minimum absolute atomic E-state index is 0.681. The van der Waals surface area contributed by atoms with Crippen molar-refractivity contribution in [2.24, 2.45) is 0 Å². The summed E-state index contributed by atoms with van der Waals surface area (Å²) in [4.78, 5) is 0. The largest absolute Gasteiger partial charge is 0.616 e. The standard InChI is InChI=1S/C8H14OS/c1-3-5-7-10(9)8-6-4-2/h3-6H,7-8H2,1-2H3. The molecule has 2 heteroatoms. The van der Waals surface area contributed by atoms with Crippen LogP contribution >= 0.6 is 0 Å². The van der Waals surface area contributed by atoms with Crippen molar-refractivity contribution in [3.63, 3.8) is 0 Å². The van der Waals surface area contributed by atoms with Crippen LogP contribution in [0.3, 0.4) is 0 Å². The molecule has 0 fully saturated rings. The third-order valence-corrected chi connectivity index (χ3v) is 2.16. The van der Waals surface area contributed by atoms with Gasteiger partial charge in [-0.25, -0.2) is 0 Å². The molecule has 0 aliphatic rings. The summed E-state index contributed by atoms with van der Waals surface area (Å²) in [5.74, 6) is 1.36. The van der Waals surface area contributed by atoms with Crippen molar-refractivity contribution in [1.82, 2.24) is 0 Å². The molecule has 58 valence electrons. The van der Waals surface area contributed by atoms with Gasteiger partial charge in [0.15, 0.2) is 0 Å². The zero-order valence-electron chi connectivity index (χ0n) is 6.54. The molecule has 0 aromatic heterocycles. The molecule has 0 aromatic rings. The summed E-state index contributed by atoms with van der Waals surface area (Å²) in [6.45, 7) is 3.87. The first-order valence-corrected chi connectivity index (χ1v) is 4.87. The highest BCUT2D eigenvalue weighted by Gasteiger charge is 1.96. The van der Waals surface area contributed by atoms with Crippen LogP contribution in [0.25, 0.3) is 0 Å². The van der Waals surface area contributed by atoms with Crippen LogP contribution in [0.4, 0.5) is 0 Å². The smallest absolute Gasteiger partial charge is 0.124 e. The van der Waals surface area contributed by atoms with Crippen LogP contribution in [0.1, 0.15) is 13.8 Å². The molecular weight excluding hydrogens is 144 g/mol. The second kappa shape index (κ2) is 6.90. The Labute approximate surface area is 66.0 Å². The molecule has 0 spiro atoms. The Morgan fingerprint density at radius 3 is 1.80 bits per heavy atom. The summed E-state index contributed by atoms with van der Waals surface area (Å²) in [6.07, 6.45) is 7.71. The lowest BCUT2D eigenvalue weighted by Crippen LogP contribution is -2.06. The van der Waals surface area contributed by atoms with Gasteiger partial charge in [-0.3, -0.25) is 0 Å². The van der Waals surface area contributed by atoms with E-state index in [1.807, 2.05) is 38.2 Å². The molecule has 0 rings (SSSR count). The molecule has 0 saturated heterocycles. The van der Waals surface area contributed by atoms with Crippen LogP contribution in [0.5, 0.6) is 0 Å². The molecule has 0 unspecified atom stereocenters. The molecule has 0 bridgehead atoms. The van der Waals surface area contributed by atoms with E-state index in [0.29, 0.717) is 11.5 Å². The van der Waals surface area contributed by atoms with Crippen LogP contribution in [0.2, 0.25) is 0 Å². The van der Waals surface area contributed by atoms with Crippen molar-refractivity contribution >= 4 is 11.2 Å². The highest BCUT2D eigenvalue weighted by atomic mass is 32.2. The number of allylic oxidation sites excluding steroid dienone is 2. The summed E-state index contributed by atoms with van der Waals surface area (Å²) < 4.78 is 11.0. The van der Waals surface area contributed by atoms with E-state index in [1.54, 1.807) is 0 Å². The van der Waals surface area contributed by atoms with E-state index in [2.05, 4.69) is 0 Å². The Morgan fingerprint density at radius 2 is 1.50 bits per heavy atom. The molecule has 10 heavy (non-hydrogen) atoms. The Balaban J connectivity index is 3.33. The van der Waals surface area contributed by atoms with E-state index >= 15 is 0 Å². The van der Waals surface area contributed by atoms with Gasteiger partial charge in [0.25, 0.3) is 0 Å². The molecular formula is C8H14OS. The van der Waals surface area contributed by atoms with E-state index in [0.717, 1.165) is 0 Å². The van der Waals surface area contributed by atoms with Crippen LogP contribution < -0.4 is 0 Å². The van der Waals surface area contributed by atoms with Gasteiger partial charge in [-0.1, -0.05) is 12.2 Å². The van der Waals surface area contributed by atoms with Gasteiger partial charge >= 0.3 is 0 Å². The van der Waals surface area contributed by atoms with Crippen molar-refractivity contribution in [1.29, 1.82) is 0 Å². The maximum Gasteiger partial charge on any atom is 0.124 e. The first-order chi connectivity index (χ1) is 4.81. The zero-order valence-corrected chi connectivity index (χ0v) is 7.36. The average Bonchev–Trinajstić information content (AvgIpc) is 1.97. The van der Waals surface area contributed by atoms with E-state index in [1.165, 1.54) is 0 Å². The van der Waals surface area contributed by atoms with Crippen molar-refractivity contribution < 1.29 is 4.55 Å². The first-order valence-electron chi connectivity index (χ1n) is 3.38. The summed E-state index contributed by atoms with van der Waals surface area (Å²) in [7, 11) is 0. The van der Waals surface area contributed by atoms with Crippen LogP contribution in [0, 0.1) is 0 Å². The SMILES string of the molecule is CC=CC[S+]([O-])CC=CC. The lowest BCUT2D eigenvalue weighted by Gasteiger charge is -2.04. The minimum Gasteiger partial charge on any atom is -0.616 e. The van der Waals surface area contributed by atoms with Gasteiger partial charge in [-0.15, -0.1) is 0 Å². The lowest BCUT2D eigenvalue weighted by molar-refractivity contribution is 0.600. The van der Waals surface area contributed by atoms with Crippen molar-refractivity contribution in [3.05, 3.63) is 24.3 Å². The maximum absolute atomic E-state index is 11.0. The summed E-state index contributed by atoms with van der Waals surface area (Å²) in [5.41, 5.74) is 0. The number of hydrogen-bond donors (Lipinski definition) is 0. The van der Waals surface area contributed by atoms with Gasteiger partial charge < -0.3 is 4.55 Å². The molecule has 0 saturated carbocycles. The van der Waals surface area contributed by atoms with Crippen LogP contribution in [-0.4, -0.2) is 16.1 Å². The van der Waals surface area contributed by atoms with Gasteiger partial charge in [0.1, 0.15) is 11.5 Å². The van der Waals surface area contributed by atoms with E-state index in [-0.39, 0.29) is 0 Å². The molecule has 0 aliphatic heterocycles. The number of hydrogen-bond acceptors (Lipinski definition) is 1. The highest BCUT2D eigenvalue weighted by Crippen LogP contribution is 1.91. The van der Waals surface area contributed by atoms with Crippen LogP contribution in [-0.2, 0) is 11.2 Å². The summed E-state index contributed by atoms with van der Waals surface area (Å²) in [5, 5.41) is 0. The fraction of sp³-hybridized carbons (Fsp3) is 0.500. The van der Waals surface area contributed by atoms with E-state index in [4.69, 9.17) is 0 Å². The maximum atomic E-state index is 11.0. The molecule has 1 nitrogen and oxygen atoms in total. The molecule has 0 atom stereocenters. The molecule has 0 N–H and O–H groups in total. The second-order valence-corrected chi connectivity index (χ2v) is 3.46. The summed E-state index contributed by atoms with van der Waals surface area (Å²) >= 11 is -0.693. The lowest BCUT2D eigenvalue weighted by atomic mass is 10.6.